The molecule has 13 N–H and O–H groups in total. The molecule has 12 heterocycles. The fourth-order valence-electron chi connectivity index (χ4n) is 16.9. The Kier molecular flexibility index (Phi) is 32.7. The second kappa shape index (κ2) is 43.6. The number of hydrogen-bond acceptors (Lipinski definition) is 38. The standard InChI is InChI=1S/C81H98N12O45P6/c1-40-28-88(75(100)82-69(40)94)63-22-51(133-139(106,107)108)58(128-63)35-122-141(111,112)135-53-24-65(90-30-42(3)71(96)84-77(90)102)130-60(53)37-124-143(115,116)137-55-26-67(92-32-44(5)73(98)86-79(92)104)132-62(55)39-126-144(117,118)138-56-27-68(93-33-45(6)74(99)87-80(93)105)131-61(56)38-125-142(113,114)136-54-25-66(91-31-43(4)72(97)85-78(91)103)129-59(54)36-123-140(109,110)134-52-23-64(89-29-41(2)70(95)83-76(89)101)127-57(52)34-121-81(46-12-10-9-11-13-46,47-14-18-49(119-7)19-15-47)48-16-20-50(120-8)21-17-48/h9-21,28-33,51-68H,22-27,34-39H2,1-8H3,(H,109,110)(H,111,112)(H,113,114)(H,115,116)(H,117,118)(H,82,94,100)(H,83,95,101)(H,84,96,102)(H,85,97,103)(H,86,98,104)(H,87,99,105)(H2,106,107,108)/t51-,52-,53-,54-,55-,56-,57+,58+,59+,60+,61+,62+,63+,64+,65+,66+,67+,68+/m0/s1. The first kappa shape index (κ1) is 108. The minimum Gasteiger partial charge on any atom is -0.497 e. The van der Waals surface area contributed by atoms with E-state index in [4.69, 9.17) is 92.4 Å². The highest BCUT2D eigenvalue weighted by atomic mass is 31.2. The van der Waals surface area contributed by atoms with E-state index in [0.717, 1.165) is 58.4 Å². The summed E-state index contributed by atoms with van der Waals surface area (Å²) >= 11 is 0. The van der Waals surface area contributed by atoms with Crippen molar-refractivity contribution < 1.29 is 154 Å². The lowest BCUT2D eigenvalue weighted by molar-refractivity contribution is -0.0952. The van der Waals surface area contributed by atoms with Crippen LogP contribution in [0.2, 0.25) is 0 Å². The van der Waals surface area contributed by atoms with E-state index in [1.54, 1.807) is 78.9 Å². The van der Waals surface area contributed by atoms with Crippen LogP contribution >= 0.6 is 46.9 Å². The van der Waals surface area contributed by atoms with Crippen molar-refractivity contribution in [2.24, 2.45) is 0 Å². The van der Waals surface area contributed by atoms with Crippen molar-refractivity contribution in [2.45, 2.75) is 196 Å². The van der Waals surface area contributed by atoms with Crippen molar-refractivity contribution >= 4 is 46.9 Å². The van der Waals surface area contributed by atoms with Crippen LogP contribution in [0.25, 0.3) is 0 Å². The van der Waals surface area contributed by atoms with Gasteiger partial charge in [0.2, 0.25) is 0 Å². The summed E-state index contributed by atoms with van der Waals surface area (Å²) in [5, 5.41) is 0. The number of aromatic nitrogens is 12. The summed E-state index contributed by atoms with van der Waals surface area (Å²) in [4.78, 5) is 246. The van der Waals surface area contributed by atoms with E-state index in [1.165, 1.54) is 62.0 Å². The lowest BCUT2D eigenvalue weighted by Crippen LogP contribution is -2.38. The molecule has 5 unspecified atom stereocenters. The molecule has 782 valence electrons. The molecule has 9 aromatic rings. The van der Waals surface area contributed by atoms with Crippen LogP contribution < -0.4 is 77.0 Å². The van der Waals surface area contributed by atoms with Gasteiger partial charge in [-0.25, -0.2) is 56.2 Å². The van der Waals surface area contributed by atoms with Gasteiger partial charge in [0.15, 0.2) is 0 Å². The van der Waals surface area contributed by atoms with Gasteiger partial charge in [0.05, 0.1) is 53.9 Å². The summed E-state index contributed by atoms with van der Waals surface area (Å²) < 4.78 is 205. The van der Waals surface area contributed by atoms with Crippen molar-refractivity contribution in [1.29, 1.82) is 0 Å². The van der Waals surface area contributed by atoms with Crippen LogP contribution in [0.15, 0.2) is 174 Å². The Hall–Kier alpha value is -10.3. The largest absolute Gasteiger partial charge is 0.497 e. The van der Waals surface area contributed by atoms with E-state index in [-0.39, 0.29) is 33.4 Å². The zero-order valence-corrected chi connectivity index (χ0v) is 82.2. The molecule has 0 saturated carbocycles. The summed E-state index contributed by atoms with van der Waals surface area (Å²) in [6.45, 7) is 1.43. The summed E-state index contributed by atoms with van der Waals surface area (Å²) in [6.07, 6.45) is -28.1. The number of methoxy groups -OCH3 is 2. The third-order valence-corrected chi connectivity index (χ3v) is 29.7. The van der Waals surface area contributed by atoms with E-state index in [2.05, 4.69) is 15.0 Å². The third kappa shape index (κ3) is 25.4. The van der Waals surface area contributed by atoms with Crippen LogP contribution in [0.1, 0.15) is 126 Å². The molecule has 57 nitrogen and oxygen atoms in total. The summed E-state index contributed by atoms with van der Waals surface area (Å²) in [6, 6.07) is 22.7. The Morgan fingerprint density at radius 1 is 0.292 bits per heavy atom. The van der Waals surface area contributed by atoms with Crippen LogP contribution in [0.3, 0.4) is 0 Å². The number of rotatable bonds is 41. The predicted molar refractivity (Wildman–Crippen MR) is 486 cm³/mol. The maximum atomic E-state index is 14.8. The number of aryl methyl sites for hydroxylation is 6. The number of phosphoric acid groups is 6. The first-order valence-corrected chi connectivity index (χ1v) is 52.7. The summed E-state index contributed by atoms with van der Waals surface area (Å²) in [7, 11) is -30.9. The minimum atomic E-state index is -5.79. The van der Waals surface area contributed by atoms with Gasteiger partial charge in [-0.2, -0.15) is 0 Å². The molecular formula is C81H98N12O45P6. The van der Waals surface area contributed by atoms with E-state index in [0.29, 0.717) is 28.2 Å². The molecule has 3 aromatic carbocycles. The first-order valence-electron chi connectivity index (χ1n) is 43.7. The highest BCUT2D eigenvalue weighted by Gasteiger charge is 2.53. The minimum absolute atomic E-state index is 0.00516. The first-order chi connectivity index (χ1) is 67.8. The number of benzene rings is 3. The Bertz CT molecular complexity index is 7310. The smallest absolute Gasteiger partial charge is 0.472 e. The predicted octanol–water partition coefficient (Wildman–Crippen LogP) is 1.88. The van der Waals surface area contributed by atoms with Crippen LogP contribution in [0, 0.1) is 41.5 Å². The Morgan fingerprint density at radius 3 is 0.688 bits per heavy atom. The molecule has 144 heavy (non-hydrogen) atoms. The molecule has 0 bridgehead atoms. The van der Waals surface area contributed by atoms with Crippen molar-refractivity contribution in [2.75, 3.05) is 53.9 Å². The van der Waals surface area contributed by atoms with Gasteiger partial charge in [0.25, 0.3) is 33.4 Å². The lowest BCUT2D eigenvalue weighted by Gasteiger charge is -2.37. The second-order valence-electron chi connectivity index (χ2n) is 34.1. The van der Waals surface area contributed by atoms with Crippen LogP contribution in [0.4, 0.5) is 0 Å². The van der Waals surface area contributed by atoms with Gasteiger partial charge in [-0.1, -0.05) is 54.6 Å². The van der Waals surface area contributed by atoms with E-state index >= 15 is 0 Å². The molecule has 6 aromatic heterocycles. The number of aromatic amines is 6. The van der Waals surface area contributed by atoms with E-state index in [9.17, 15) is 119 Å². The maximum Gasteiger partial charge on any atom is 0.472 e. The molecule has 6 aliphatic heterocycles. The number of H-pyrrole nitrogens is 6. The Morgan fingerprint density at radius 2 is 0.486 bits per heavy atom. The molecule has 0 aliphatic carbocycles. The molecule has 0 amide bonds. The topological polar surface area (TPSA) is 758 Å². The molecular weight excluding hydrogens is 2050 g/mol. The van der Waals surface area contributed by atoms with Gasteiger partial charge in [0.1, 0.15) is 128 Å². The highest BCUT2D eigenvalue weighted by molar-refractivity contribution is 7.48. The van der Waals surface area contributed by atoms with E-state index < -0.39 is 309 Å². The molecule has 0 spiro atoms. The normalized spacial score (nSPS) is 26.7. The second-order valence-corrected chi connectivity index (χ2v) is 42.3. The van der Waals surface area contributed by atoms with Crippen LogP contribution in [-0.4, -0.2) is 219 Å². The number of hydrogen-bond donors (Lipinski definition) is 13. The summed E-state index contributed by atoms with van der Waals surface area (Å²) in [5.74, 6) is 0.965. The van der Waals surface area contributed by atoms with Crippen LogP contribution in [0.5, 0.6) is 11.5 Å². The molecule has 6 aliphatic rings. The maximum absolute atomic E-state index is 14.8. The average molecular weight is 2150 g/mol. The molecule has 6 fully saturated rings. The van der Waals surface area contributed by atoms with Crippen molar-refractivity contribution in [1.82, 2.24) is 57.3 Å². The lowest BCUT2D eigenvalue weighted by atomic mass is 9.80. The third-order valence-electron chi connectivity index (χ3n) is 24.1. The Labute approximate surface area is 807 Å². The Balaban J connectivity index is 0.652. The zero-order chi connectivity index (χ0) is 104. The fraction of sp³-hybridized carbons (Fsp3) is 0.481. The number of nitrogens with zero attached hydrogens (tertiary/aromatic N) is 6. The quantitative estimate of drug-likeness (QED) is 0.0192. The van der Waals surface area contributed by atoms with Gasteiger partial charge >= 0.3 is 81.1 Å². The van der Waals surface area contributed by atoms with Gasteiger partial charge in [0, 0.05) is 109 Å². The monoisotopic (exact) mass is 2140 g/mol. The molecule has 63 heteroatoms. The molecule has 6 saturated heterocycles. The van der Waals surface area contributed by atoms with Gasteiger partial charge in [-0.15, -0.1) is 0 Å². The zero-order valence-electron chi connectivity index (χ0n) is 76.9. The van der Waals surface area contributed by atoms with Crippen LogP contribution in [-0.2, 0) is 116 Å². The summed E-state index contributed by atoms with van der Waals surface area (Å²) in [5.41, 5.74) is -11.6. The number of ether oxygens (including phenoxy) is 9. The molecule has 23 atom stereocenters. The van der Waals surface area contributed by atoms with Gasteiger partial charge in [-0.3, -0.25) is 136 Å². The number of phosphoric ester groups is 6. The van der Waals surface area contributed by atoms with E-state index in [1.807, 2.05) is 15.0 Å². The van der Waals surface area contributed by atoms with Gasteiger partial charge < -0.3 is 76.9 Å². The fourth-order valence-corrected chi connectivity index (χ4v) is 22.3. The van der Waals surface area contributed by atoms with Crippen molar-refractivity contribution in [3.05, 3.63) is 291 Å². The van der Waals surface area contributed by atoms with Crippen molar-refractivity contribution in [3.8, 4) is 11.5 Å². The number of nitrogens with one attached hydrogen (secondary N) is 6. The molecule has 0 radical (unpaired) electrons. The molecule has 15 rings (SSSR count). The SMILES string of the molecule is COc1ccc(C(OC[C@H]2O[C@@H](n3cc(C)c(=O)[nH]c3=O)C[C@@H]2OP(=O)(O)OC[C@H]2O[C@@H](n3cc(C)c(=O)[nH]c3=O)C[C@@H]2OP(=O)(O)OC[C@H]2O[C@@H](n3cc(C)c(=O)[nH]c3=O)C[C@@H]2OP(=O)(O)OC[C@H]2O[C@@H](n3cc(C)c(=O)[nH]c3=O)C[C@@H]2OP(=O)(O)OC[C@H]2O[C@@H](n3cc(C)c(=O)[nH]c3=O)C[C@@H]2OP(=O)(O)OC[C@H]2O[C@@H](n3cc(C)c(=O)[nH]c3=O)C[C@@H]2OP(=O)(O)O)(c2ccccc2)c2ccc(OC)cc2)cc1. The van der Waals surface area contributed by atoms with Crippen molar-refractivity contribution in [3.63, 3.8) is 0 Å². The van der Waals surface area contributed by atoms with Gasteiger partial charge in [-0.05, 0) is 82.5 Å². The highest BCUT2D eigenvalue weighted by Crippen LogP contribution is 2.57. The average Bonchev–Trinajstić information content (AvgIpc) is 0.779.